The number of hydrogen-bond donors (Lipinski definition) is 1. The third kappa shape index (κ3) is 7.36. The number of alkyl halides is 3. The quantitative estimate of drug-likeness (QED) is 0.303. The number of nitrogens with one attached hydrogen (secondary N) is 1. The first-order chi connectivity index (χ1) is 21.5. The van der Waals surface area contributed by atoms with E-state index in [9.17, 15) is 22.8 Å². The van der Waals surface area contributed by atoms with Crippen molar-refractivity contribution in [3.8, 4) is 17.2 Å². The molecule has 0 radical (unpaired) electrons. The van der Waals surface area contributed by atoms with E-state index >= 15 is 0 Å². The molecule has 2 unspecified atom stereocenters. The molecule has 0 bridgehead atoms. The number of aryl methyl sites for hydroxylation is 1. The standard InChI is InChI=1S/C34H38F3N3O5/c1-21-5-8-25(9-6-21)40-31(41)12-10-28(32(40)22-7-11-29(43-3)30(17-22)44-4)33(42)38-24-18-23(34(35,36)37)19-27(20-24)45-26-13-15-39(2)16-14-26/h5-9,11,17-20,26,28,32H,10,12-16H2,1-4H3,(H,38,42). The Morgan fingerprint density at radius 2 is 1.60 bits per heavy atom. The Labute approximate surface area is 261 Å². The molecule has 2 aliphatic rings. The van der Waals surface area contributed by atoms with Crippen molar-refractivity contribution in [3.63, 3.8) is 0 Å². The van der Waals surface area contributed by atoms with E-state index in [1.807, 2.05) is 38.2 Å². The summed E-state index contributed by atoms with van der Waals surface area (Å²) in [4.78, 5) is 31.2. The van der Waals surface area contributed by atoms with Crippen LogP contribution < -0.4 is 24.4 Å². The lowest BCUT2D eigenvalue weighted by molar-refractivity contribution is -0.137. The molecule has 1 N–H and O–H groups in total. The van der Waals surface area contributed by atoms with Crippen LogP contribution in [-0.4, -0.2) is 57.2 Å². The number of nitrogens with zero attached hydrogens (tertiary/aromatic N) is 2. The lowest BCUT2D eigenvalue weighted by Crippen LogP contribution is -2.47. The van der Waals surface area contributed by atoms with Gasteiger partial charge in [0.1, 0.15) is 11.9 Å². The molecule has 3 aromatic rings. The van der Waals surface area contributed by atoms with E-state index in [-0.39, 0.29) is 36.3 Å². The topological polar surface area (TPSA) is 80.3 Å². The molecule has 2 amide bonds. The summed E-state index contributed by atoms with van der Waals surface area (Å²) in [7, 11) is 4.99. The maximum atomic E-state index is 14.0. The summed E-state index contributed by atoms with van der Waals surface area (Å²) >= 11 is 0. The van der Waals surface area contributed by atoms with Gasteiger partial charge >= 0.3 is 6.18 Å². The van der Waals surface area contributed by atoms with Crippen LogP contribution in [0.4, 0.5) is 24.5 Å². The molecule has 0 spiro atoms. The van der Waals surface area contributed by atoms with Crippen LogP contribution in [0.25, 0.3) is 0 Å². The van der Waals surface area contributed by atoms with Gasteiger partial charge in [-0.3, -0.25) is 9.59 Å². The molecule has 0 saturated carbocycles. The van der Waals surface area contributed by atoms with E-state index in [0.29, 0.717) is 35.6 Å². The molecule has 45 heavy (non-hydrogen) atoms. The highest BCUT2D eigenvalue weighted by Crippen LogP contribution is 2.43. The van der Waals surface area contributed by atoms with E-state index in [0.717, 1.165) is 30.8 Å². The van der Waals surface area contributed by atoms with E-state index in [1.54, 1.807) is 23.1 Å². The van der Waals surface area contributed by atoms with Crippen LogP contribution in [0, 0.1) is 12.8 Å². The molecule has 2 heterocycles. The number of anilines is 2. The van der Waals surface area contributed by atoms with Crippen LogP contribution in [0.15, 0.2) is 60.7 Å². The van der Waals surface area contributed by atoms with Crippen LogP contribution in [0.2, 0.25) is 0 Å². The predicted octanol–water partition coefficient (Wildman–Crippen LogP) is 6.63. The molecule has 11 heteroatoms. The van der Waals surface area contributed by atoms with E-state index in [1.165, 1.54) is 20.3 Å². The number of likely N-dealkylation sites (tertiary alicyclic amines) is 1. The van der Waals surface area contributed by atoms with Crippen molar-refractivity contribution in [2.24, 2.45) is 5.92 Å². The number of benzene rings is 3. The van der Waals surface area contributed by atoms with Gasteiger partial charge in [0.2, 0.25) is 11.8 Å². The Kier molecular flexibility index (Phi) is 9.57. The number of hydrogen-bond acceptors (Lipinski definition) is 6. The van der Waals surface area contributed by atoms with Crippen molar-refractivity contribution in [2.75, 3.05) is 44.6 Å². The van der Waals surface area contributed by atoms with Crippen LogP contribution in [0.5, 0.6) is 17.2 Å². The first-order valence-corrected chi connectivity index (χ1v) is 15.0. The highest BCUT2D eigenvalue weighted by molar-refractivity contribution is 6.00. The summed E-state index contributed by atoms with van der Waals surface area (Å²) in [5.74, 6) is -0.530. The van der Waals surface area contributed by atoms with Gasteiger partial charge in [-0.25, -0.2) is 0 Å². The fourth-order valence-corrected chi connectivity index (χ4v) is 6.03. The summed E-state index contributed by atoms with van der Waals surface area (Å²) in [6.45, 7) is 3.49. The van der Waals surface area contributed by atoms with E-state index in [4.69, 9.17) is 14.2 Å². The van der Waals surface area contributed by atoms with Crippen molar-refractivity contribution in [3.05, 3.63) is 77.4 Å². The van der Waals surface area contributed by atoms with E-state index in [2.05, 4.69) is 10.2 Å². The van der Waals surface area contributed by atoms with Gasteiger partial charge in [0.25, 0.3) is 0 Å². The second kappa shape index (κ2) is 13.4. The Morgan fingerprint density at radius 1 is 0.911 bits per heavy atom. The molecular formula is C34H38F3N3O5. The van der Waals surface area contributed by atoms with Gasteiger partial charge in [-0.1, -0.05) is 23.8 Å². The summed E-state index contributed by atoms with van der Waals surface area (Å²) in [5.41, 5.74) is 1.29. The highest BCUT2D eigenvalue weighted by atomic mass is 19.4. The Morgan fingerprint density at radius 3 is 2.24 bits per heavy atom. The van der Waals surface area contributed by atoms with Gasteiger partial charge in [-0.2, -0.15) is 13.2 Å². The van der Waals surface area contributed by atoms with Crippen LogP contribution in [-0.2, 0) is 15.8 Å². The molecule has 8 nitrogen and oxygen atoms in total. The summed E-state index contributed by atoms with van der Waals surface area (Å²) in [6, 6.07) is 15.1. The number of rotatable bonds is 8. The summed E-state index contributed by atoms with van der Waals surface area (Å²) in [5, 5.41) is 2.73. The molecule has 2 aliphatic heterocycles. The third-order valence-electron chi connectivity index (χ3n) is 8.46. The molecule has 0 aromatic heterocycles. The zero-order valence-corrected chi connectivity index (χ0v) is 25.8. The molecule has 3 aromatic carbocycles. The fraction of sp³-hybridized carbons (Fsp3) is 0.412. The first kappa shape index (κ1) is 32.2. The van der Waals surface area contributed by atoms with Crippen LogP contribution >= 0.6 is 0 Å². The number of carbonyl (C=O) groups is 2. The van der Waals surface area contributed by atoms with Crippen molar-refractivity contribution in [1.82, 2.24) is 4.90 Å². The smallest absolute Gasteiger partial charge is 0.416 e. The number of methoxy groups -OCH3 is 2. The predicted molar refractivity (Wildman–Crippen MR) is 165 cm³/mol. The number of halogens is 3. The Hall–Kier alpha value is -4.25. The average molecular weight is 626 g/mol. The summed E-state index contributed by atoms with van der Waals surface area (Å²) in [6.07, 6.45) is -3.21. The minimum atomic E-state index is -4.65. The first-order valence-electron chi connectivity index (χ1n) is 15.0. The molecule has 2 atom stereocenters. The highest BCUT2D eigenvalue weighted by Gasteiger charge is 2.42. The van der Waals surface area contributed by atoms with Gasteiger partial charge in [0.15, 0.2) is 11.5 Å². The number of carbonyl (C=O) groups excluding carboxylic acids is 2. The molecule has 240 valence electrons. The monoisotopic (exact) mass is 625 g/mol. The lowest BCUT2D eigenvalue weighted by Gasteiger charge is -2.41. The van der Waals surface area contributed by atoms with Gasteiger partial charge in [0.05, 0.1) is 31.7 Å². The van der Waals surface area contributed by atoms with Crippen molar-refractivity contribution in [2.45, 2.75) is 50.9 Å². The molecular weight excluding hydrogens is 587 g/mol. The van der Waals surface area contributed by atoms with Crippen molar-refractivity contribution >= 4 is 23.2 Å². The van der Waals surface area contributed by atoms with Crippen LogP contribution in [0.3, 0.4) is 0 Å². The third-order valence-corrected chi connectivity index (χ3v) is 8.46. The normalized spacial score (nSPS) is 19.7. The maximum Gasteiger partial charge on any atom is 0.416 e. The molecule has 2 fully saturated rings. The van der Waals surface area contributed by atoms with E-state index < -0.39 is 29.6 Å². The largest absolute Gasteiger partial charge is 0.493 e. The minimum Gasteiger partial charge on any atom is -0.493 e. The number of ether oxygens (including phenoxy) is 3. The molecule has 2 saturated heterocycles. The van der Waals surface area contributed by atoms with Gasteiger partial charge in [-0.05, 0) is 75.2 Å². The molecule has 0 aliphatic carbocycles. The second-order valence-electron chi connectivity index (χ2n) is 11.7. The minimum absolute atomic E-state index is 0.0254. The number of amides is 2. The van der Waals surface area contributed by atoms with Gasteiger partial charge in [0, 0.05) is 37.0 Å². The number of piperidine rings is 2. The Bertz CT molecular complexity index is 1520. The van der Waals surface area contributed by atoms with Crippen LogP contribution in [0.1, 0.15) is 48.4 Å². The zero-order valence-electron chi connectivity index (χ0n) is 25.8. The van der Waals surface area contributed by atoms with Crippen molar-refractivity contribution < 1.29 is 37.0 Å². The fourth-order valence-electron chi connectivity index (χ4n) is 6.03. The average Bonchev–Trinajstić information content (AvgIpc) is 3.01. The SMILES string of the molecule is COc1ccc(C2C(C(=O)Nc3cc(OC4CCN(C)CC4)cc(C(F)(F)F)c3)CCC(=O)N2c2ccc(C)cc2)cc1OC. The van der Waals surface area contributed by atoms with Crippen molar-refractivity contribution in [1.29, 1.82) is 0 Å². The Balaban J connectivity index is 1.50. The summed E-state index contributed by atoms with van der Waals surface area (Å²) < 4.78 is 58.8. The maximum absolute atomic E-state index is 14.0. The van der Waals surface area contributed by atoms with Gasteiger partial charge in [-0.15, -0.1) is 0 Å². The lowest BCUT2D eigenvalue weighted by atomic mass is 9.83. The van der Waals surface area contributed by atoms with Gasteiger partial charge < -0.3 is 29.3 Å². The zero-order chi connectivity index (χ0) is 32.3. The molecule has 5 rings (SSSR count). The second-order valence-corrected chi connectivity index (χ2v) is 11.7.